The Morgan fingerprint density at radius 3 is 2.44 bits per heavy atom. The SMILES string of the molecule is [C-]#[N+]C1(CCC)CCN(Cc2ccccc2)CC1. The zero-order valence-corrected chi connectivity index (χ0v) is 11.2. The van der Waals surface area contributed by atoms with Crippen LogP contribution in [0, 0.1) is 6.57 Å². The van der Waals surface area contributed by atoms with E-state index >= 15 is 0 Å². The maximum atomic E-state index is 7.44. The molecule has 96 valence electrons. The molecule has 1 saturated heterocycles. The topological polar surface area (TPSA) is 7.60 Å². The van der Waals surface area contributed by atoms with Crippen molar-refractivity contribution in [3.05, 3.63) is 47.3 Å². The predicted molar refractivity (Wildman–Crippen MR) is 75.2 cm³/mol. The molecule has 0 amide bonds. The summed E-state index contributed by atoms with van der Waals surface area (Å²) < 4.78 is 0. The molecule has 0 aliphatic carbocycles. The van der Waals surface area contributed by atoms with Crippen LogP contribution in [-0.2, 0) is 6.54 Å². The minimum atomic E-state index is -0.0536. The quantitative estimate of drug-likeness (QED) is 0.730. The molecule has 18 heavy (non-hydrogen) atoms. The lowest BCUT2D eigenvalue weighted by Gasteiger charge is -2.33. The zero-order chi connectivity index (χ0) is 12.8. The summed E-state index contributed by atoms with van der Waals surface area (Å²) in [7, 11) is 0. The summed E-state index contributed by atoms with van der Waals surface area (Å²) in [6.07, 6.45) is 4.27. The van der Waals surface area contributed by atoms with Crippen LogP contribution in [0.1, 0.15) is 38.2 Å². The highest BCUT2D eigenvalue weighted by Crippen LogP contribution is 2.31. The number of hydrogen-bond acceptors (Lipinski definition) is 1. The van der Waals surface area contributed by atoms with E-state index in [0.717, 1.165) is 45.3 Å². The first-order valence-corrected chi connectivity index (χ1v) is 6.93. The molecule has 1 aromatic carbocycles. The molecular formula is C16H22N2. The van der Waals surface area contributed by atoms with Crippen molar-refractivity contribution in [2.24, 2.45) is 0 Å². The van der Waals surface area contributed by atoms with Crippen LogP contribution >= 0.6 is 0 Å². The molecule has 0 N–H and O–H groups in total. The highest BCUT2D eigenvalue weighted by Gasteiger charge is 2.39. The van der Waals surface area contributed by atoms with E-state index < -0.39 is 0 Å². The first-order chi connectivity index (χ1) is 8.78. The van der Waals surface area contributed by atoms with Crippen molar-refractivity contribution in [3.63, 3.8) is 0 Å². The molecule has 0 bridgehead atoms. The summed E-state index contributed by atoms with van der Waals surface area (Å²) in [5, 5.41) is 0. The van der Waals surface area contributed by atoms with Gasteiger partial charge in [0.1, 0.15) is 0 Å². The second kappa shape index (κ2) is 6.02. The average Bonchev–Trinajstić information content (AvgIpc) is 2.43. The molecule has 1 aromatic rings. The van der Waals surface area contributed by atoms with Gasteiger partial charge in [-0.25, -0.2) is 6.57 Å². The molecule has 0 spiro atoms. The van der Waals surface area contributed by atoms with E-state index in [4.69, 9.17) is 6.57 Å². The highest BCUT2D eigenvalue weighted by molar-refractivity contribution is 5.15. The van der Waals surface area contributed by atoms with Gasteiger partial charge in [-0.3, -0.25) is 4.90 Å². The lowest BCUT2D eigenvalue weighted by atomic mass is 9.84. The third kappa shape index (κ3) is 3.11. The molecule has 0 atom stereocenters. The largest absolute Gasteiger partial charge is 0.310 e. The maximum Gasteiger partial charge on any atom is 0.235 e. The van der Waals surface area contributed by atoms with Crippen LogP contribution in [0.25, 0.3) is 4.85 Å². The van der Waals surface area contributed by atoms with Crippen molar-refractivity contribution < 1.29 is 0 Å². The number of rotatable bonds is 4. The standard InChI is InChI=1S/C16H22N2/c1-3-9-16(17-2)10-12-18(13-11-16)14-15-7-5-4-6-8-15/h4-8H,3,9-14H2,1H3. The summed E-state index contributed by atoms with van der Waals surface area (Å²) in [5.74, 6) is 0. The zero-order valence-electron chi connectivity index (χ0n) is 11.2. The van der Waals surface area contributed by atoms with Gasteiger partial charge in [-0.15, -0.1) is 0 Å². The van der Waals surface area contributed by atoms with Crippen LogP contribution in [-0.4, -0.2) is 23.5 Å². The van der Waals surface area contributed by atoms with Gasteiger partial charge in [-0.2, -0.15) is 0 Å². The van der Waals surface area contributed by atoms with Crippen molar-refractivity contribution in [1.82, 2.24) is 4.90 Å². The maximum absolute atomic E-state index is 7.44. The first kappa shape index (κ1) is 13.1. The molecule has 2 nitrogen and oxygen atoms in total. The molecule has 0 aromatic heterocycles. The molecule has 1 heterocycles. The average molecular weight is 242 g/mol. The Morgan fingerprint density at radius 2 is 1.89 bits per heavy atom. The first-order valence-electron chi connectivity index (χ1n) is 6.93. The fourth-order valence-corrected chi connectivity index (χ4v) is 2.85. The number of benzene rings is 1. The summed E-state index contributed by atoms with van der Waals surface area (Å²) in [6, 6.07) is 10.6. The molecule has 2 heteroatoms. The van der Waals surface area contributed by atoms with E-state index in [2.05, 4.69) is 47.0 Å². The highest BCUT2D eigenvalue weighted by atomic mass is 15.1. The summed E-state index contributed by atoms with van der Waals surface area (Å²) in [6.45, 7) is 12.8. The lowest BCUT2D eigenvalue weighted by Crippen LogP contribution is -2.42. The number of piperidine rings is 1. The van der Waals surface area contributed by atoms with Crippen molar-refractivity contribution >= 4 is 0 Å². The van der Waals surface area contributed by atoms with Gasteiger partial charge < -0.3 is 4.85 Å². The second-order valence-corrected chi connectivity index (χ2v) is 5.35. The predicted octanol–water partition coefficient (Wildman–Crippen LogP) is 3.74. The Labute approximate surface area is 110 Å². The van der Waals surface area contributed by atoms with Crippen molar-refractivity contribution in [2.45, 2.75) is 44.7 Å². The Hall–Kier alpha value is -1.33. The van der Waals surface area contributed by atoms with Gasteiger partial charge in [-0.05, 0) is 12.0 Å². The number of hydrogen-bond donors (Lipinski definition) is 0. The van der Waals surface area contributed by atoms with E-state index in [0.29, 0.717) is 0 Å². The lowest BCUT2D eigenvalue weighted by molar-refractivity contribution is 0.169. The third-order valence-electron chi connectivity index (χ3n) is 3.99. The normalized spacial score (nSPS) is 19.3. The van der Waals surface area contributed by atoms with E-state index in [1.807, 2.05) is 0 Å². The molecule has 1 aliphatic heterocycles. The van der Waals surface area contributed by atoms with Crippen molar-refractivity contribution in [1.29, 1.82) is 0 Å². The summed E-state index contributed by atoms with van der Waals surface area (Å²) in [5.41, 5.74) is 1.32. The van der Waals surface area contributed by atoms with Crippen LogP contribution in [0.4, 0.5) is 0 Å². The number of nitrogens with zero attached hydrogens (tertiary/aromatic N) is 2. The minimum Gasteiger partial charge on any atom is -0.310 e. The van der Waals surface area contributed by atoms with Crippen molar-refractivity contribution in [2.75, 3.05) is 13.1 Å². The molecule has 0 radical (unpaired) electrons. The van der Waals surface area contributed by atoms with Gasteiger partial charge in [0, 0.05) is 38.9 Å². The van der Waals surface area contributed by atoms with E-state index in [9.17, 15) is 0 Å². The molecule has 0 unspecified atom stereocenters. The van der Waals surface area contributed by atoms with Gasteiger partial charge in [0.25, 0.3) is 0 Å². The van der Waals surface area contributed by atoms with Crippen molar-refractivity contribution in [3.8, 4) is 0 Å². The summed E-state index contributed by atoms with van der Waals surface area (Å²) >= 11 is 0. The van der Waals surface area contributed by atoms with Crippen LogP contribution < -0.4 is 0 Å². The fourth-order valence-electron chi connectivity index (χ4n) is 2.85. The Bertz CT molecular complexity index is 397. The number of likely N-dealkylation sites (tertiary alicyclic amines) is 1. The van der Waals surface area contributed by atoms with Crippen LogP contribution in [0.15, 0.2) is 30.3 Å². The van der Waals surface area contributed by atoms with Gasteiger partial charge in [-0.1, -0.05) is 37.3 Å². The molecular weight excluding hydrogens is 220 g/mol. The minimum absolute atomic E-state index is 0.0536. The second-order valence-electron chi connectivity index (χ2n) is 5.35. The molecule has 0 saturated carbocycles. The van der Waals surface area contributed by atoms with E-state index in [-0.39, 0.29) is 5.54 Å². The van der Waals surface area contributed by atoms with Gasteiger partial charge >= 0.3 is 0 Å². The fraction of sp³-hybridized carbons (Fsp3) is 0.562. The van der Waals surface area contributed by atoms with Gasteiger partial charge in [0.15, 0.2) is 0 Å². The van der Waals surface area contributed by atoms with E-state index in [1.165, 1.54) is 5.56 Å². The Kier molecular flexibility index (Phi) is 4.38. The van der Waals surface area contributed by atoms with Gasteiger partial charge in [0.2, 0.25) is 5.54 Å². The molecule has 2 rings (SSSR count). The summed E-state index contributed by atoms with van der Waals surface area (Å²) in [4.78, 5) is 6.41. The third-order valence-corrected chi connectivity index (χ3v) is 3.99. The van der Waals surface area contributed by atoms with E-state index in [1.54, 1.807) is 0 Å². The Balaban J connectivity index is 1.89. The van der Waals surface area contributed by atoms with Gasteiger partial charge in [0.05, 0.1) is 0 Å². The van der Waals surface area contributed by atoms with Crippen LogP contribution in [0.2, 0.25) is 0 Å². The molecule has 1 aliphatic rings. The van der Waals surface area contributed by atoms with Crippen LogP contribution in [0.3, 0.4) is 0 Å². The monoisotopic (exact) mass is 242 g/mol. The smallest absolute Gasteiger partial charge is 0.235 e. The van der Waals surface area contributed by atoms with Crippen LogP contribution in [0.5, 0.6) is 0 Å². The Morgan fingerprint density at radius 1 is 1.22 bits per heavy atom. The molecule has 1 fully saturated rings.